The molecule has 0 unspecified atom stereocenters. The van der Waals surface area contributed by atoms with Crippen molar-refractivity contribution >= 4 is 11.4 Å². The Hall–Kier alpha value is -2.10. The van der Waals surface area contributed by atoms with Crippen molar-refractivity contribution in [1.29, 1.82) is 0 Å². The van der Waals surface area contributed by atoms with Crippen molar-refractivity contribution in [3.63, 3.8) is 0 Å². The number of benzene rings is 1. The van der Waals surface area contributed by atoms with Gasteiger partial charge in [0.25, 0.3) is 0 Å². The highest BCUT2D eigenvalue weighted by Gasteiger charge is 2.05. The molecule has 0 aliphatic rings. The van der Waals surface area contributed by atoms with Gasteiger partial charge >= 0.3 is 0 Å². The van der Waals surface area contributed by atoms with Crippen LogP contribution in [-0.2, 0) is 0 Å². The first-order chi connectivity index (χ1) is 6.75. The fraction of sp³-hybridized carbons (Fsp3) is 0. The molecule has 0 bridgehead atoms. The lowest BCUT2D eigenvalue weighted by molar-refractivity contribution is 0.426. The number of rotatable bonds is 2. The van der Waals surface area contributed by atoms with Crippen molar-refractivity contribution in [2.45, 2.75) is 0 Å². The van der Waals surface area contributed by atoms with Crippen LogP contribution in [0.3, 0.4) is 0 Å². The van der Waals surface area contributed by atoms with Crippen molar-refractivity contribution < 1.29 is 10.2 Å². The second-order valence-electron chi connectivity index (χ2n) is 2.91. The summed E-state index contributed by atoms with van der Waals surface area (Å²) in [6, 6.07) is 10.8. The Morgan fingerprint density at radius 1 is 1.07 bits per heavy atom. The van der Waals surface area contributed by atoms with Gasteiger partial charge in [0.2, 0.25) is 5.88 Å². The molecule has 14 heavy (non-hydrogen) atoms. The van der Waals surface area contributed by atoms with Crippen LogP contribution in [0, 0.1) is 0 Å². The molecule has 0 saturated heterocycles. The number of nitrogens with one attached hydrogen (secondary N) is 2. The number of para-hydroxylation sites is 1. The highest BCUT2D eigenvalue weighted by Crippen LogP contribution is 2.29. The van der Waals surface area contributed by atoms with Crippen LogP contribution in [0.5, 0.6) is 11.8 Å². The van der Waals surface area contributed by atoms with Gasteiger partial charge in [-0.1, -0.05) is 18.2 Å². The molecule has 0 atom stereocenters. The molecular formula is C10H10N2O2. The summed E-state index contributed by atoms with van der Waals surface area (Å²) in [7, 11) is 0. The van der Waals surface area contributed by atoms with Crippen LogP contribution in [0.2, 0.25) is 0 Å². The quantitative estimate of drug-likeness (QED) is 0.586. The maximum Gasteiger partial charge on any atom is 0.215 e. The smallest absolute Gasteiger partial charge is 0.215 e. The van der Waals surface area contributed by atoms with Crippen molar-refractivity contribution in [3.8, 4) is 11.8 Å². The zero-order chi connectivity index (χ0) is 9.97. The predicted molar refractivity (Wildman–Crippen MR) is 53.8 cm³/mol. The third kappa shape index (κ3) is 1.64. The molecule has 1 aromatic carbocycles. The van der Waals surface area contributed by atoms with E-state index in [1.54, 1.807) is 0 Å². The highest BCUT2D eigenvalue weighted by molar-refractivity contribution is 5.65. The minimum absolute atomic E-state index is 0.0686. The molecule has 72 valence electrons. The summed E-state index contributed by atoms with van der Waals surface area (Å²) >= 11 is 0. The zero-order valence-electron chi connectivity index (χ0n) is 7.36. The molecule has 4 N–H and O–H groups in total. The van der Waals surface area contributed by atoms with Crippen LogP contribution in [0.4, 0.5) is 11.4 Å². The largest absolute Gasteiger partial charge is 0.494 e. The first-order valence-corrected chi connectivity index (χ1v) is 4.19. The van der Waals surface area contributed by atoms with Crippen LogP contribution in [0.1, 0.15) is 0 Å². The molecule has 2 rings (SSSR count). The van der Waals surface area contributed by atoms with E-state index in [0.29, 0.717) is 5.69 Å². The van der Waals surface area contributed by atoms with Gasteiger partial charge in [-0.2, -0.15) is 0 Å². The monoisotopic (exact) mass is 190 g/mol. The molecule has 0 spiro atoms. The summed E-state index contributed by atoms with van der Waals surface area (Å²) in [6.07, 6.45) is 0. The van der Waals surface area contributed by atoms with Crippen molar-refractivity contribution in [3.05, 3.63) is 36.4 Å². The topological polar surface area (TPSA) is 68.3 Å². The van der Waals surface area contributed by atoms with Crippen LogP contribution in [-0.4, -0.2) is 15.2 Å². The average molecular weight is 190 g/mol. The molecule has 0 aliphatic carbocycles. The van der Waals surface area contributed by atoms with E-state index in [0.717, 1.165) is 5.69 Å². The van der Waals surface area contributed by atoms with E-state index in [1.807, 2.05) is 30.3 Å². The van der Waals surface area contributed by atoms with Gasteiger partial charge in [0, 0.05) is 11.8 Å². The third-order valence-corrected chi connectivity index (χ3v) is 1.84. The van der Waals surface area contributed by atoms with E-state index in [4.69, 9.17) is 5.11 Å². The molecule has 0 amide bonds. The average Bonchev–Trinajstić information content (AvgIpc) is 2.47. The first kappa shape index (κ1) is 8.50. The Balaban J connectivity index is 2.23. The SMILES string of the molecule is Oc1cc(Nc2ccccc2)c(O)[nH]1. The van der Waals surface area contributed by atoms with Gasteiger partial charge in [-0.3, -0.25) is 4.98 Å². The van der Waals surface area contributed by atoms with E-state index >= 15 is 0 Å². The third-order valence-electron chi connectivity index (χ3n) is 1.84. The second kappa shape index (κ2) is 3.33. The minimum Gasteiger partial charge on any atom is -0.494 e. The summed E-state index contributed by atoms with van der Waals surface area (Å²) < 4.78 is 0. The van der Waals surface area contributed by atoms with E-state index < -0.39 is 0 Å². The lowest BCUT2D eigenvalue weighted by atomic mass is 10.3. The maximum atomic E-state index is 9.31. The van der Waals surface area contributed by atoms with Crippen LogP contribution >= 0.6 is 0 Å². The van der Waals surface area contributed by atoms with Gasteiger partial charge in [-0.15, -0.1) is 0 Å². The number of aromatic hydroxyl groups is 2. The Morgan fingerprint density at radius 3 is 2.36 bits per heavy atom. The van der Waals surface area contributed by atoms with Gasteiger partial charge in [-0.05, 0) is 12.1 Å². The number of aromatic amines is 1. The summed E-state index contributed by atoms with van der Waals surface area (Å²) in [5.41, 5.74) is 1.30. The zero-order valence-corrected chi connectivity index (χ0v) is 7.36. The highest BCUT2D eigenvalue weighted by atomic mass is 16.3. The van der Waals surface area contributed by atoms with Gasteiger partial charge < -0.3 is 15.5 Å². The van der Waals surface area contributed by atoms with Gasteiger partial charge in [0.05, 0.1) is 0 Å². The molecule has 2 aromatic rings. The molecule has 4 heteroatoms. The Labute approximate surface area is 80.8 Å². The minimum atomic E-state index is -0.0775. The molecule has 0 saturated carbocycles. The van der Waals surface area contributed by atoms with Crippen molar-refractivity contribution in [1.82, 2.24) is 4.98 Å². The summed E-state index contributed by atoms with van der Waals surface area (Å²) in [4.78, 5) is 2.38. The molecule has 1 heterocycles. The molecular weight excluding hydrogens is 180 g/mol. The lowest BCUT2D eigenvalue weighted by Gasteiger charge is -2.02. The number of H-pyrrole nitrogens is 1. The van der Waals surface area contributed by atoms with E-state index in [-0.39, 0.29) is 11.8 Å². The van der Waals surface area contributed by atoms with Crippen molar-refractivity contribution in [2.75, 3.05) is 5.32 Å². The van der Waals surface area contributed by atoms with E-state index in [1.165, 1.54) is 6.07 Å². The van der Waals surface area contributed by atoms with Crippen LogP contribution in [0.25, 0.3) is 0 Å². The maximum absolute atomic E-state index is 9.31. The number of hydrogen-bond acceptors (Lipinski definition) is 3. The van der Waals surface area contributed by atoms with Crippen LogP contribution < -0.4 is 5.32 Å². The van der Waals surface area contributed by atoms with Crippen LogP contribution in [0.15, 0.2) is 36.4 Å². The van der Waals surface area contributed by atoms with Gasteiger partial charge in [-0.25, -0.2) is 0 Å². The fourth-order valence-electron chi connectivity index (χ4n) is 1.20. The first-order valence-electron chi connectivity index (χ1n) is 4.19. The molecule has 1 aromatic heterocycles. The van der Waals surface area contributed by atoms with E-state index in [2.05, 4.69) is 10.3 Å². The van der Waals surface area contributed by atoms with Gasteiger partial charge in [0.15, 0.2) is 5.88 Å². The van der Waals surface area contributed by atoms with E-state index in [9.17, 15) is 5.11 Å². The van der Waals surface area contributed by atoms with Gasteiger partial charge in [0.1, 0.15) is 5.69 Å². The number of anilines is 2. The molecule has 0 fully saturated rings. The predicted octanol–water partition coefficient (Wildman–Crippen LogP) is 2.17. The fourth-order valence-corrected chi connectivity index (χ4v) is 1.20. The Kier molecular flexibility index (Phi) is 2.02. The Bertz CT molecular complexity index is 423. The second-order valence-corrected chi connectivity index (χ2v) is 2.91. The lowest BCUT2D eigenvalue weighted by Crippen LogP contribution is -1.87. The van der Waals surface area contributed by atoms with Crippen molar-refractivity contribution in [2.24, 2.45) is 0 Å². The summed E-state index contributed by atoms with van der Waals surface area (Å²) in [6.45, 7) is 0. The molecule has 0 radical (unpaired) electrons. The molecule has 0 aliphatic heterocycles. The normalized spacial score (nSPS) is 10.0. The molecule has 4 nitrogen and oxygen atoms in total. The standard InChI is InChI=1S/C10H10N2O2/c13-9-6-8(10(14)12-9)11-7-4-2-1-3-5-7/h1-6,11-14H. The Morgan fingerprint density at radius 2 is 1.79 bits per heavy atom. The summed E-state index contributed by atoms with van der Waals surface area (Å²) in [5, 5.41) is 21.3. The summed E-state index contributed by atoms with van der Waals surface area (Å²) in [5.74, 6) is -0.146. The number of aromatic nitrogens is 1. The number of hydrogen-bond donors (Lipinski definition) is 4.